The van der Waals surface area contributed by atoms with E-state index < -0.39 is 21.7 Å². The Morgan fingerprint density at radius 2 is 1.61 bits per heavy atom. The maximum atomic E-state index is 12.0. The third kappa shape index (κ3) is 4.40. The van der Waals surface area contributed by atoms with Gasteiger partial charge in [0.2, 0.25) is 0 Å². The molecule has 0 atom stereocenters. The van der Waals surface area contributed by atoms with Gasteiger partial charge in [0.05, 0.1) is 10.5 Å². The van der Waals surface area contributed by atoms with Crippen LogP contribution in [0.1, 0.15) is 20.7 Å². The maximum absolute atomic E-state index is 12.0. The second-order valence-electron chi connectivity index (χ2n) is 4.69. The normalized spacial score (nSPS) is 10.9. The van der Waals surface area contributed by atoms with E-state index >= 15 is 0 Å². The summed E-state index contributed by atoms with van der Waals surface area (Å²) in [7, 11) is -3.41. The lowest BCUT2D eigenvalue weighted by Gasteiger charge is -2.09. The van der Waals surface area contributed by atoms with Crippen LogP contribution in [0, 0.1) is 0 Å². The number of hydrogen-bond acceptors (Lipinski definition) is 4. The minimum Gasteiger partial charge on any atom is -0.267 e. The lowest BCUT2D eigenvalue weighted by molar-refractivity contribution is 0.0846. The number of amides is 2. The van der Waals surface area contributed by atoms with Crippen molar-refractivity contribution in [3.63, 3.8) is 0 Å². The van der Waals surface area contributed by atoms with Gasteiger partial charge in [-0.3, -0.25) is 20.4 Å². The number of hydrazine groups is 1. The molecule has 2 aromatic rings. The zero-order chi connectivity index (χ0) is 17.0. The number of hydrogen-bond donors (Lipinski definition) is 2. The second-order valence-corrected chi connectivity index (χ2v) is 7.56. The van der Waals surface area contributed by atoms with Crippen LogP contribution >= 0.6 is 15.9 Å². The number of carbonyl (C=O) groups is 2. The molecule has 2 aromatic carbocycles. The SMILES string of the molecule is CS(=O)(=O)c1cccc(C(=O)NNC(=O)c2ccccc2Br)c1. The first kappa shape index (κ1) is 17.2. The van der Waals surface area contributed by atoms with Crippen molar-refractivity contribution in [2.75, 3.05) is 6.26 Å². The van der Waals surface area contributed by atoms with Crippen molar-refractivity contribution in [3.8, 4) is 0 Å². The largest absolute Gasteiger partial charge is 0.270 e. The Labute approximate surface area is 141 Å². The van der Waals surface area contributed by atoms with Gasteiger partial charge in [0.25, 0.3) is 11.8 Å². The highest BCUT2D eigenvalue weighted by Crippen LogP contribution is 2.15. The van der Waals surface area contributed by atoms with Gasteiger partial charge in [0, 0.05) is 16.3 Å². The predicted molar refractivity (Wildman–Crippen MR) is 88.6 cm³/mol. The summed E-state index contributed by atoms with van der Waals surface area (Å²) in [6, 6.07) is 12.3. The molecular formula is C15H13BrN2O4S. The van der Waals surface area contributed by atoms with Crippen molar-refractivity contribution < 1.29 is 18.0 Å². The van der Waals surface area contributed by atoms with Crippen LogP contribution < -0.4 is 10.9 Å². The fraction of sp³-hybridized carbons (Fsp3) is 0.0667. The second kappa shape index (κ2) is 6.93. The summed E-state index contributed by atoms with van der Waals surface area (Å²) < 4.78 is 23.6. The monoisotopic (exact) mass is 396 g/mol. The fourth-order valence-electron chi connectivity index (χ4n) is 1.77. The highest BCUT2D eigenvalue weighted by Gasteiger charge is 2.13. The van der Waals surface area contributed by atoms with Crippen LogP contribution in [0.25, 0.3) is 0 Å². The highest BCUT2D eigenvalue weighted by molar-refractivity contribution is 9.10. The van der Waals surface area contributed by atoms with Crippen LogP contribution in [0.5, 0.6) is 0 Å². The summed E-state index contributed by atoms with van der Waals surface area (Å²) in [6.07, 6.45) is 1.05. The highest BCUT2D eigenvalue weighted by atomic mass is 79.9. The van der Waals surface area contributed by atoms with E-state index in [-0.39, 0.29) is 10.5 Å². The van der Waals surface area contributed by atoms with E-state index in [4.69, 9.17) is 0 Å². The van der Waals surface area contributed by atoms with Gasteiger partial charge in [-0.1, -0.05) is 18.2 Å². The maximum Gasteiger partial charge on any atom is 0.270 e. The number of benzene rings is 2. The molecule has 0 spiro atoms. The third-order valence-electron chi connectivity index (χ3n) is 2.93. The zero-order valence-electron chi connectivity index (χ0n) is 12.0. The summed E-state index contributed by atoms with van der Waals surface area (Å²) in [4.78, 5) is 24.0. The average Bonchev–Trinajstić information content (AvgIpc) is 2.52. The summed E-state index contributed by atoms with van der Waals surface area (Å²) in [5.41, 5.74) is 5.01. The molecule has 0 aromatic heterocycles. The molecule has 0 aliphatic rings. The van der Waals surface area contributed by atoms with E-state index in [1.54, 1.807) is 24.3 Å². The molecule has 2 amide bonds. The Kier molecular flexibility index (Phi) is 5.17. The van der Waals surface area contributed by atoms with Gasteiger partial charge in [-0.05, 0) is 46.3 Å². The number of carbonyl (C=O) groups excluding carboxylic acids is 2. The van der Waals surface area contributed by atoms with E-state index in [1.165, 1.54) is 24.3 Å². The van der Waals surface area contributed by atoms with Gasteiger partial charge in [-0.2, -0.15) is 0 Å². The van der Waals surface area contributed by atoms with Gasteiger partial charge in [-0.15, -0.1) is 0 Å². The van der Waals surface area contributed by atoms with Crippen LogP contribution in [-0.4, -0.2) is 26.5 Å². The molecule has 0 aliphatic heterocycles. The van der Waals surface area contributed by atoms with Crippen LogP contribution in [-0.2, 0) is 9.84 Å². The molecule has 0 bridgehead atoms. The molecule has 0 unspecified atom stereocenters. The summed E-state index contributed by atoms with van der Waals surface area (Å²) in [6.45, 7) is 0. The Balaban J connectivity index is 2.09. The van der Waals surface area contributed by atoms with Crippen molar-refractivity contribution >= 4 is 37.6 Å². The number of rotatable bonds is 3. The molecule has 0 radical (unpaired) electrons. The first-order chi connectivity index (χ1) is 10.8. The minimum absolute atomic E-state index is 0.0299. The first-order valence-electron chi connectivity index (χ1n) is 6.44. The van der Waals surface area contributed by atoms with Crippen LogP contribution in [0.2, 0.25) is 0 Å². The van der Waals surface area contributed by atoms with Crippen LogP contribution in [0.3, 0.4) is 0 Å². The van der Waals surface area contributed by atoms with Crippen molar-refractivity contribution in [1.82, 2.24) is 10.9 Å². The van der Waals surface area contributed by atoms with E-state index in [1.807, 2.05) is 0 Å². The van der Waals surface area contributed by atoms with Gasteiger partial charge in [0.15, 0.2) is 9.84 Å². The van der Waals surface area contributed by atoms with Crippen molar-refractivity contribution in [2.24, 2.45) is 0 Å². The smallest absolute Gasteiger partial charge is 0.267 e. The van der Waals surface area contributed by atoms with Crippen molar-refractivity contribution in [3.05, 3.63) is 64.1 Å². The van der Waals surface area contributed by atoms with Gasteiger partial charge < -0.3 is 0 Å². The zero-order valence-corrected chi connectivity index (χ0v) is 14.4. The Hall–Kier alpha value is -2.19. The Bertz CT molecular complexity index is 865. The van der Waals surface area contributed by atoms with Gasteiger partial charge in [-0.25, -0.2) is 8.42 Å². The molecule has 8 heteroatoms. The Morgan fingerprint density at radius 1 is 0.957 bits per heavy atom. The molecule has 6 nitrogen and oxygen atoms in total. The molecule has 0 fully saturated rings. The lowest BCUT2D eigenvalue weighted by atomic mass is 10.2. The Morgan fingerprint density at radius 3 is 2.26 bits per heavy atom. The standard InChI is InChI=1S/C15H13BrN2O4S/c1-23(21,22)11-6-4-5-10(9-11)14(19)17-18-15(20)12-7-2-3-8-13(12)16/h2-9H,1H3,(H,17,19)(H,18,20). The molecule has 0 saturated carbocycles. The van der Waals surface area contributed by atoms with E-state index in [2.05, 4.69) is 26.8 Å². The van der Waals surface area contributed by atoms with E-state index in [9.17, 15) is 18.0 Å². The molecular weight excluding hydrogens is 384 g/mol. The number of nitrogens with one attached hydrogen (secondary N) is 2. The average molecular weight is 397 g/mol. The van der Waals surface area contributed by atoms with Gasteiger partial charge in [0.1, 0.15) is 0 Å². The quantitative estimate of drug-likeness (QED) is 0.775. The molecule has 2 N–H and O–H groups in total. The molecule has 2 rings (SSSR count). The van der Waals surface area contributed by atoms with Crippen LogP contribution in [0.15, 0.2) is 57.9 Å². The molecule has 0 saturated heterocycles. The van der Waals surface area contributed by atoms with Crippen molar-refractivity contribution in [2.45, 2.75) is 4.90 Å². The molecule has 0 aliphatic carbocycles. The van der Waals surface area contributed by atoms with E-state index in [0.717, 1.165) is 6.26 Å². The molecule has 120 valence electrons. The number of halogens is 1. The number of sulfone groups is 1. The first-order valence-corrected chi connectivity index (χ1v) is 9.13. The molecule has 0 heterocycles. The summed E-state index contributed by atoms with van der Waals surface area (Å²) >= 11 is 3.24. The molecule has 23 heavy (non-hydrogen) atoms. The minimum atomic E-state index is -3.41. The fourth-order valence-corrected chi connectivity index (χ4v) is 2.90. The topological polar surface area (TPSA) is 92.3 Å². The third-order valence-corrected chi connectivity index (χ3v) is 4.73. The van der Waals surface area contributed by atoms with Gasteiger partial charge >= 0.3 is 0 Å². The van der Waals surface area contributed by atoms with Crippen LogP contribution in [0.4, 0.5) is 0 Å². The summed E-state index contributed by atoms with van der Waals surface area (Å²) in [5.74, 6) is -1.11. The van der Waals surface area contributed by atoms with E-state index in [0.29, 0.717) is 10.0 Å². The van der Waals surface area contributed by atoms with Crippen molar-refractivity contribution in [1.29, 1.82) is 0 Å². The predicted octanol–water partition coefficient (Wildman–Crippen LogP) is 1.93. The lowest BCUT2D eigenvalue weighted by Crippen LogP contribution is -2.41. The summed E-state index contributed by atoms with van der Waals surface area (Å²) in [5, 5.41) is 0.